The van der Waals surface area contributed by atoms with E-state index in [1.54, 1.807) is 4.98 Å². The van der Waals surface area contributed by atoms with Crippen LogP contribution in [0.2, 0.25) is 0 Å². The third-order valence-electron chi connectivity index (χ3n) is 2.39. The van der Waals surface area contributed by atoms with Crippen molar-refractivity contribution >= 4 is 5.97 Å². The summed E-state index contributed by atoms with van der Waals surface area (Å²) < 4.78 is 12.0. The summed E-state index contributed by atoms with van der Waals surface area (Å²) in [5, 5.41) is 8.52. The van der Waals surface area contributed by atoms with E-state index in [0.717, 1.165) is 5.56 Å². The standard InChI is InChI=1S/C9H11NO2.C4H3FN2O2/c10-8(9(11)12)6-7-4-2-1-3-5-7;5-2-1-6-4(9)7-3(2)8/h1-5,8H,6,10H2,(H,11,12);1H,(H2,6,7,8,9). The van der Waals surface area contributed by atoms with E-state index < -0.39 is 29.1 Å². The van der Waals surface area contributed by atoms with Crippen LogP contribution >= 0.6 is 0 Å². The lowest BCUT2D eigenvalue weighted by Crippen LogP contribution is -2.32. The molecule has 0 spiro atoms. The molecule has 0 fully saturated rings. The van der Waals surface area contributed by atoms with Gasteiger partial charge in [-0.15, -0.1) is 0 Å². The van der Waals surface area contributed by atoms with Crippen molar-refractivity contribution in [2.45, 2.75) is 12.5 Å². The molecule has 1 aromatic heterocycles. The predicted molar refractivity (Wildman–Crippen MR) is 73.4 cm³/mol. The van der Waals surface area contributed by atoms with Gasteiger partial charge in [0.15, 0.2) is 0 Å². The predicted octanol–water partition coefficient (Wildman–Crippen LogP) is -0.157. The molecule has 0 amide bonds. The van der Waals surface area contributed by atoms with Gasteiger partial charge >= 0.3 is 11.7 Å². The van der Waals surface area contributed by atoms with Crippen molar-refractivity contribution in [3.8, 4) is 0 Å². The van der Waals surface area contributed by atoms with E-state index in [9.17, 15) is 18.8 Å². The summed E-state index contributed by atoms with van der Waals surface area (Å²) in [6.07, 6.45) is 1.09. The van der Waals surface area contributed by atoms with E-state index in [1.165, 1.54) is 0 Å². The van der Waals surface area contributed by atoms with Gasteiger partial charge in [0.05, 0.1) is 0 Å². The van der Waals surface area contributed by atoms with Crippen molar-refractivity contribution in [1.82, 2.24) is 9.97 Å². The third kappa shape index (κ3) is 5.83. The molecule has 7 nitrogen and oxygen atoms in total. The van der Waals surface area contributed by atoms with E-state index in [-0.39, 0.29) is 0 Å². The quantitative estimate of drug-likeness (QED) is 0.625. The summed E-state index contributed by atoms with van der Waals surface area (Å²) >= 11 is 0. The van der Waals surface area contributed by atoms with Crippen LogP contribution in [0.4, 0.5) is 4.39 Å². The number of carbonyl (C=O) groups is 1. The van der Waals surface area contributed by atoms with Crippen LogP contribution in [0.5, 0.6) is 0 Å². The molecule has 1 heterocycles. The highest BCUT2D eigenvalue weighted by molar-refractivity contribution is 5.73. The molecule has 112 valence electrons. The zero-order valence-electron chi connectivity index (χ0n) is 10.9. The molecule has 0 aliphatic rings. The number of hydrogen-bond acceptors (Lipinski definition) is 4. The molecule has 2 aromatic rings. The highest BCUT2D eigenvalue weighted by Crippen LogP contribution is 2.01. The number of aliphatic carboxylic acids is 1. The number of nitrogens with two attached hydrogens (primary N) is 1. The zero-order chi connectivity index (χ0) is 15.8. The Labute approximate surface area is 118 Å². The molecule has 0 saturated carbocycles. The fraction of sp³-hybridized carbons (Fsp3) is 0.154. The van der Waals surface area contributed by atoms with Gasteiger partial charge in [0.25, 0.3) is 5.56 Å². The number of hydrogen-bond donors (Lipinski definition) is 4. The molecule has 0 radical (unpaired) electrons. The Balaban J connectivity index is 0.000000219. The lowest BCUT2D eigenvalue weighted by atomic mass is 10.1. The van der Waals surface area contributed by atoms with Crippen LogP contribution in [-0.2, 0) is 11.2 Å². The molecule has 1 aromatic carbocycles. The molecule has 0 bridgehead atoms. The Morgan fingerprint density at radius 3 is 2.38 bits per heavy atom. The molecule has 0 aliphatic heterocycles. The molecule has 5 N–H and O–H groups in total. The summed E-state index contributed by atoms with van der Waals surface area (Å²) in [5.74, 6) is -1.95. The maximum Gasteiger partial charge on any atom is 0.325 e. The van der Waals surface area contributed by atoms with Crippen molar-refractivity contribution in [3.05, 3.63) is 68.7 Å². The van der Waals surface area contributed by atoms with Crippen molar-refractivity contribution in [1.29, 1.82) is 0 Å². The second-order valence-electron chi connectivity index (χ2n) is 4.05. The minimum atomic E-state index is -1.00. The number of aromatic nitrogens is 2. The summed E-state index contributed by atoms with van der Waals surface area (Å²) in [6, 6.07) is 8.54. The Morgan fingerprint density at radius 2 is 1.90 bits per heavy atom. The van der Waals surface area contributed by atoms with Gasteiger partial charge in [-0.05, 0) is 12.0 Å². The van der Waals surface area contributed by atoms with Crippen LogP contribution in [0, 0.1) is 5.82 Å². The van der Waals surface area contributed by atoms with Gasteiger partial charge in [0.2, 0.25) is 5.82 Å². The van der Waals surface area contributed by atoms with E-state index in [0.29, 0.717) is 12.6 Å². The fourth-order valence-corrected chi connectivity index (χ4v) is 1.35. The van der Waals surface area contributed by atoms with E-state index >= 15 is 0 Å². The highest BCUT2D eigenvalue weighted by atomic mass is 19.1. The number of rotatable bonds is 3. The van der Waals surface area contributed by atoms with Gasteiger partial charge in [-0.2, -0.15) is 4.39 Å². The first kappa shape index (κ1) is 16.3. The summed E-state index contributed by atoms with van der Waals surface area (Å²) in [4.78, 5) is 34.4. The molecule has 2 rings (SSSR count). The molecule has 1 unspecified atom stereocenters. The second kappa shape index (κ2) is 7.75. The Morgan fingerprint density at radius 1 is 1.29 bits per heavy atom. The van der Waals surface area contributed by atoms with Gasteiger partial charge in [0, 0.05) is 6.20 Å². The van der Waals surface area contributed by atoms with Gasteiger partial charge < -0.3 is 15.8 Å². The monoisotopic (exact) mass is 295 g/mol. The van der Waals surface area contributed by atoms with Crippen molar-refractivity contribution < 1.29 is 14.3 Å². The summed E-state index contributed by atoms with van der Waals surface area (Å²) in [6.45, 7) is 0. The second-order valence-corrected chi connectivity index (χ2v) is 4.05. The molecular weight excluding hydrogens is 281 g/mol. The Kier molecular flexibility index (Phi) is 6.02. The van der Waals surface area contributed by atoms with E-state index in [1.807, 2.05) is 35.3 Å². The molecule has 0 saturated heterocycles. The van der Waals surface area contributed by atoms with Crippen LogP contribution < -0.4 is 17.0 Å². The van der Waals surface area contributed by atoms with Crippen LogP contribution in [0.3, 0.4) is 0 Å². The largest absolute Gasteiger partial charge is 0.480 e. The minimum absolute atomic E-state index is 0.385. The van der Waals surface area contributed by atoms with Gasteiger partial charge in [0.1, 0.15) is 6.04 Å². The number of halogens is 1. The van der Waals surface area contributed by atoms with Crippen LogP contribution in [-0.4, -0.2) is 27.1 Å². The maximum atomic E-state index is 12.0. The first-order valence-corrected chi connectivity index (χ1v) is 5.90. The first-order valence-electron chi connectivity index (χ1n) is 5.90. The highest BCUT2D eigenvalue weighted by Gasteiger charge is 2.10. The van der Waals surface area contributed by atoms with Crippen molar-refractivity contribution in [2.24, 2.45) is 5.73 Å². The number of benzene rings is 1. The number of H-pyrrole nitrogens is 2. The lowest BCUT2D eigenvalue weighted by molar-refractivity contribution is -0.138. The fourth-order valence-electron chi connectivity index (χ4n) is 1.35. The first-order chi connectivity index (χ1) is 9.90. The van der Waals surface area contributed by atoms with Gasteiger partial charge in [-0.1, -0.05) is 30.3 Å². The van der Waals surface area contributed by atoms with Crippen LogP contribution in [0.25, 0.3) is 0 Å². The van der Waals surface area contributed by atoms with Crippen molar-refractivity contribution in [2.75, 3.05) is 0 Å². The molecular formula is C13H14FN3O4. The average molecular weight is 295 g/mol. The molecule has 0 aliphatic carbocycles. The lowest BCUT2D eigenvalue weighted by Gasteiger charge is -2.04. The third-order valence-corrected chi connectivity index (χ3v) is 2.39. The van der Waals surface area contributed by atoms with Crippen molar-refractivity contribution in [3.63, 3.8) is 0 Å². The van der Waals surface area contributed by atoms with E-state index in [2.05, 4.69) is 0 Å². The van der Waals surface area contributed by atoms with E-state index in [4.69, 9.17) is 10.8 Å². The zero-order valence-corrected chi connectivity index (χ0v) is 10.9. The number of carboxylic acids is 1. The minimum Gasteiger partial charge on any atom is -0.480 e. The normalized spacial score (nSPS) is 11.1. The number of carboxylic acid groups (broad SMARTS) is 1. The van der Waals surface area contributed by atoms with Crippen LogP contribution in [0.1, 0.15) is 5.56 Å². The number of aromatic amines is 2. The van der Waals surface area contributed by atoms with Gasteiger partial charge in [-0.25, -0.2) is 4.79 Å². The summed E-state index contributed by atoms with van der Waals surface area (Å²) in [7, 11) is 0. The SMILES string of the molecule is NC(Cc1ccccc1)C(=O)O.O=c1[nH]cc(F)c(=O)[nH]1. The Bertz CT molecular complexity index is 696. The molecule has 1 atom stereocenters. The maximum absolute atomic E-state index is 12.0. The van der Waals surface area contributed by atoms with Gasteiger partial charge in [-0.3, -0.25) is 14.6 Å². The topological polar surface area (TPSA) is 129 Å². The smallest absolute Gasteiger partial charge is 0.325 e. The van der Waals surface area contributed by atoms with Crippen LogP contribution in [0.15, 0.2) is 46.1 Å². The summed E-state index contributed by atoms with van der Waals surface area (Å²) in [5.41, 5.74) is 4.59. The number of nitrogens with one attached hydrogen (secondary N) is 2. The molecule has 21 heavy (non-hydrogen) atoms. The molecule has 8 heteroatoms. The average Bonchev–Trinajstić information content (AvgIpc) is 2.45. The Hall–Kier alpha value is -2.74.